The van der Waals surface area contributed by atoms with Gasteiger partial charge in [-0.1, -0.05) is 22.0 Å². The molecule has 0 fully saturated rings. The molecule has 0 spiro atoms. The molecule has 0 atom stereocenters. The van der Waals surface area contributed by atoms with E-state index >= 15 is 0 Å². The largest absolute Gasteiger partial charge is 0.497 e. The highest BCUT2D eigenvalue weighted by molar-refractivity contribution is 9.10. The number of hydrogen-bond donors (Lipinski definition) is 0. The molecule has 2 aromatic rings. The summed E-state index contributed by atoms with van der Waals surface area (Å²) < 4.78 is 17.8. The van der Waals surface area contributed by atoms with Crippen LogP contribution in [0.15, 0.2) is 40.9 Å². The first-order valence-electron chi connectivity index (χ1n) is 7.26. The third-order valence-electron chi connectivity index (χ3n) is 3.27. The number of aryl methyl sites for hydroxylation is 2. The van der Waals surface area contributed by atoms with Gasteiger partial charge in [-0.2, -0.15) is 0 Å². The monoisotopic (exact) mass is 364 g/mol. The van der Waals surface area contributed by atoms with Gasteiger partial charge in [0.2, 0.25) is 0 Å². The van der Waals surface area contributed by atoms with Crippen molar-refractivity contribution in [3.63, 3.8) is 0 Å². The lowest BCUT2D eigenvalue weighted by atomic mass is 10.1. The summed E-state index contributed by atoms with van der Waals surface area (Å²) in [7, 11) is 1.65. The molecule has 4 heteroatoms. The average Bonchev–Trinajstić information content (AvgIpc) is 2.49. The van der Waals surface area contributed by atoms with E-state index in [1.807, 2.05) is 24.3 Å². The SMILES string of the molecule is COc1cccc(OCCCOc2c(C)cc(Br)cc2C)c1. The van der Waals surface area contributed by atoms with Gasteiger partial charge >= 0.3 is 0 Å². The highest BCUT2D eigenvalue weighted by Gasteiger charge is 2.05. The minimum Gasteiger partial charge on any atom is -0.497 e. The van der Waals surface area contributed by atoms with Crippen molar-refractivity contribution in [2.45, 2.75) is 20.3 Å². The fourth-order valence-corrected chi connectivity index (χ4v) is 2.93. The lowest BCUT2D eigenvalue weighted by Gasteiger charge is -2.13. The van der Waals surface area contributed by atoms with Crippen LogP contribution >= 0.6 is 15.9 Å². The number of hydrogen-bond acceptors (Lipinski definition) is 3. The van der Waals surface area contributed by atoms with Crippen LogP contribution < -0.4 is 14.2 Å². The second-order valence-electron chi connectivity index (χ2n) is 5.10. The van der Waals surface area contributed by atoms with Gasteiger partial charge in [0.05, 0.1) is 20.3 Å². The van der Waals surface area contributed by atoms with E-state index in [-0.39, 0.29) is 0 Å². The molecule has 2 aromatic carbocycles. The third-order valence-corrected chi connectivity index (χ3v) is 3.73. The zero-order chi connectivity index (χ0) is 15.9. The van der Waals surface area contributed by atoms with Crippen LogP contribution in [-0.4, -0.2) is 20.3 Å². The fraction of sp³-hybridized carbons (Fsp3) is 0.333. The third kappa shape index (κ3) is 4.67. The van der Waals surface area contributed by atoms with Gasteiger partial charge in [0, 0.05) is 17.0 Å². The van der Waals surface area contributed by atoms with Crippen molar-refractivity contribution in [3.05, 3.63) is 52.0 Å². The molecule has 3 nitrogen and oxygen atoms in total. The molecule has 0 amide bonds. The molecule has 0 aromatic heterocycles. The molecule has 0 heterocycles. The lowest BCUT2D eigenvalue weighted by molar-refractivity contribution is 0.245. The van der Waals surface area contributed by atoms with Crippen molar-refractivity contribution >= 4 is 15.9 Å². The summed E-state index contributed by atoms with van der Waals surface area (Å²) in [6.07, 6.45) is 0.826. The Morgan fingerprint density at radius 1 is 0.909 bits per heavy atom. The van der Waals surface area contributed by atoms with E-state index in [0.717, 1.165) is 39.3 Å². The van der Waals surface area contributed by atoms with Gasteiger partial charge in [0.25, 0.3) is 0 Å². The Morgan fingerprint density at radius 2 is 1.55 bits per heavy atom. The summed E-state index contributed by atoms with van der Waals surface area (Å²) >= 11 is 3.49. The van der Waals surface area contributed by atoms with Crippen LogP contribution in [0.3, 0.4) is 0 Å². The van der Waals surface area contributed by atoms with Crippen molar-refractivity contribution < 1.29 is 14.2 Å². The van der Waals surface area contributed by atoms with Gasteiger partial charge in [-0.25, -0.2) is 0 Å². The van der Waals surface area contributed by atoms with Crippen molar-refractivity contribution in [1.82, 2.24) is 0 Å². The van der Waals surface area contributed by atoms with E-state index in [9.17, 15) is 0 Å². The molecular formula is C18H21BrO3. The van der Waals surface area contributed by atoms with Crippen LogP contribution in [-0.2, 0) is 0 Å². The summed E-state index contributed by atoms with van der Waals surface area (Å²) in [5.74, 6) is 2.58. The highest BCUT2D eigenvalue weighted by atomic mass is 79.9. The summed E-state index contributed by atoms with van der Waals surface area (Å²) in [5, 5.41) is 0. The zero-order valence-electron chi connectivity index (χ0n) is 13.2. The predicted molar refractivity (Wildman–Crippen MR) is 92.2 cm³/mol. The van der Waals surface area contributed by atoms with E-state index < -0.39 is 0 Å². The molecule has 0 radical (unpaired) electrons. The molecule has 0 bridgehead atoms. The number of methoxy groups -OCH3 is 1. The second kappa shape index (κ2) is 8.08. The first-order valence-corrected chi connectivity index (χ1v) is 8.06. The van der Waals surface area contributed by atoms with Crippen LogP contribution in [0.4, 0.5) is 0 Å². The Hall–Kier alpha value is -1.68. The maximum absolute atomic E-state index is 5.88. The van der Waals surface area contributed by atoms with Gasteiger partial charge in [-0.15, -0.1) is 0 Å². The quantitative estimate of drug-likeness (QED) is 0.652. The summed E-state index contributed by atoms with van der Waals surface area (Å²) in [5.41, 5.74) is 2.28. The van der Waals surface area contributed by atoms with Gasteiger partial charge in [0.15, 0.2) is 0 Å². The minimum absolute atomic E-state index is 0.613. The number of benzene rings is 2. The number of rotatable bonds is 7. The second-order valence-corrected chi connectivity index (χ2v) is 6.01. The zero-order valence-corrected chi connectivity index (χ0v) is 14.8. The Kier molecular flexibility index (Phi) is 6.13. The van der Waals surface area contributed by atoms with E-state index in [0.29, 0.717) is 13.2 Å². The summed E-state index contributed by atoms with van der Waals surface area (Å²) in [6.45, 7) is 5.36. The Labute approximate surface area is 140 Å². The Balaban J connectivity index is 1.78. The lowest BCUT2D eigenvalue weighted by Crippen LogP contribution is -2.06. The molecule has 0 aliphatic rings. The molecular weight excluding hydrogens is 344 g/mol. The molecule has 0 N–H and O–H groups in total. The summed E-state index contributed by atoms with van der Waals surface area (Å²) in [4.78, 5) is 0. The van der Waals surface area contributed by atoms with Crippen molar-refractivity contribution in [1.29, 1.82) is 0 Å². The minimum atomic E-state index is 0.613. The normalized spacial score (nSPS) is 10.4. The van der Waals surface area contributed by atoms with Crippen LogP contribution in [0.5, 0.6) is 17.2 Å². The fourth-order valence-electron chi connectivity index (χ4n) is 2.24. The first kappa shape index (κ1) is 16.7. The number of halogens is 1. The molecule has 0 saturated carbocycles. The van der Waals surface area contributed by atoms with Crippen LogP contribution in [0, 0.1) is 13.8 Å². The van der Waals surface area contributed by atoms with Gasteiger partial charge in [0.1, 0.15) is 17.2 Å². The predicted octanol–water partition coefficient (Wildman–Crippen LogP) is 4.92. The van der Waals surface area contributed by atoms with E-state index in [1.165, 1.54) is 0 Å². The average molecular weight is 365 g/mol. The van der Waals surface area contributed by atoms with Crippen LogP contribution in [0.2, 0.25) is 0 Å². The highest BCUT2D eigenvalue weighted by Crippen LogP contribution is 2.27. The van der Waals surface area contributed by atoms with E-state index in [1.54, 1.807) is 7.11 Å². The van der Waals surface area contributed by atoms with E-state index in [4.69, 9.17) is 14.2 Å². The van der Waals surface area contributed by atoms with Crippen LogP contribution in [0.1, 0.15) is 17.5 Å². The van der Waals surface area contributed by atoms with Crippen LogP contribution in [0.25, 0.3) is 0 Å². The Bertz CT molecular complexity index is 602. The van der Waals surface area contributed by atoms with Crippen molar-refractivity contribution in [2.75, 3.05) is 20.3 Å². The van der Waals surface area contributed by atoms with Gasteiger partial charge in [-0.05, 0) is 49.2 Å². The van der Waals surface area contributed by atoms with Crippen molar-refractivity contribution in [2.24, 2.45) is 0 Å². The maximum atomic E-state index is 5.88. The smallest absolute Gasteiger partial charge is 0.125 e. The molecule has 2 rings (SSSR count). The van der Waals surface area contributed by atoms with E-state index in [2.05, 4.69) is 41.9 Å². The maximum Gasteiger partial charge on any atom is 0.125 e. The molecule has 0 aliphatic heterocycles. The summed E-state index contributed by atoms with van der Waals surface area (Å²) in [6, 6.07) is 11.7. The molecule has 22 heavy (non-hydrogen) atoms. The topological polar surface area (TPSA) is 27.7 Å². The molecule has 0 saturated heterocycles. The van der Waals surface area contributed by atoms with Gasteiger partial charge in [-0.3, -0.25) is 0 Å². The molecule has 0 aliphatic carbocycles. The standard InChI is InChI=1S/C18H21BrO3/c1-13-10-15(19)11-14(2)18(13)22-9-5-8-21-17-7-4-6-16(12-17)20-3/h4,6-7,10-12H,5,8-9H2,1-3H3. The van der Waals surface area contributed by atoms with Crippen molar-refractivity contribution in [3.8, 4) is 17.2 Å². The molecule has 0 unspecified atom stereocenters. The number of ether oxygens (including phenoxy) is 3. The Morgan fingerprint density at radius 3 is 2.23 bits per heavy atom. The first-order chi connectivity index (χ1) is 10.6. The van der Waals surface area contributed by atoms with Gasteiger partial charge < -0.3 is 14.2 Å². The molecule has 118 valence electrons.